The Morgan fingerprint density at radius 2 is 1.80 bits per heavy atom. The van der Waals surface area contributed by atoms with Gasteiger partial charge in [-0.25, -0.2) is 0 Å². The van der Waals surface area contributed by atoms with Crippen LogP contribution >= 0.6 is 11.8 Å². The lowest BCUT2D eigenvalue weighted by Crippen LogP contribution is -2.30. The number of nitrogens with one attached hydrogen (secondary N) is 1. The molecular formula is C23H32N2O4S. The van der Waals surface area contributed by atoms with Crippen molar-refractivity contribution < 1.29 is 19.1 Å². The van der Waals surface area contributed by atoms with Crippen molar-refractivity contribution in [1.82, 2.24) is 5.32 Å². The number of benzene rings is 1. The van der Waals surface area contributed by atoms with E-state index in [9.17, 15) is 9.59 Å². The summed E-state index contributed by atoms with van der Waals surface area (Å²) in [6.07, 6.45) is 8.73. The van der Waals surface area contributed by atoms with Crippen molar-refractivity contribution in [3.8, 4) is 11.5 Å². The molecule has 0 saturated carbocycles. The first-order valence-electron chi connectivity index (χ1n) is 9.34. The fraction of sp³-hybridized carbons (Fsp3) is 0.304. The quantitative estimate of drug-likeness (QED) is 0.235. The van der Waals surface area contributed by atoms with Crippen LogP contribution in [0.5, 0.6) is 11.5 Å². The van der Waals surface area contributed by atoms with Gasteiger partial charge in [0.05, 0.1) is 17.7 Å². The number of nitrogens with two attached hydrogens (primary N) is 1. The van der Waals surface area contributed by atoms with E-state index < -0.39 is 11.8 Å². The van der Waals surface area contributed by atoms with Gasteiger partial charge in [0, 0.05) is 0 Å². The molecule has 2 amide bonds. The summed E-state index contributed by atoms with van der Waals surface area (Å²) in [4.78, 5) is 24.2. The fourth-order valence-corrected chi connectivity index (χ4v) is 2.95. The van der Waals surface area contributed by atoms with Crippen LogP contribution < -0.4 is 20.5 Å². The van der Waals surface area contributed by atoms with Crippen LogP contribution in [0.1, 0.15) is 26.7 Å². The molecule has 1 rings (SSSR count). The van der Waals surface area contributed by atoms with Crippen LogP contribution in [-0.4, -0.2) is 31.8 Å². The molecule has 0 spiro atoms. The highest BCUT2D eigenvalue weighted by Gasteiger charge is 2.17. The Hall–Kier alpha value is -2.93. The number of hydrogen-bond acceptors (Lipinski definition) is 5. The van der Waals surface area contributed by atoms with E-state index in [1.165, 1.54) is 18.9 Å². The molecule has 1 aromatic rings. The minimum absolute atomic E-state index is 0.226. The van der Waals surface area contributed by atoms with Crippen LogP contribution in [0.15, 0.2) is 71.8 Å². The summed E-state index contributed by atoms with van der Waals surface area (Å²) in [5.74, 6) is -0.00856. The van der Waals surface area contributed by atoms with Crippen molar-refractivity contribution >= 4 is 23.6 Å². The average Bonchev–Trinajstić information content (AvgIpc) is 2.72. The van der Waals surface area contributed by atoms with Gasteiger partial charge in [0.1, 0.15) is 0 Å². The lowest BCUT2D eigenvalue weighted by atomic mass is 10.1. The summed E-state index contributed by atoms with van der Waals surface area (Å²) < 4.78 is 10.7. The van der Waals surface area contributed by atoms with E-state index in [2.05, 4.69) is 18.5 Å². The molecule has 164 valence electrons. The van der Waals surface area contributed by atoms with Crippen molar-refractivity contribution in [1.29, 1.82) is 0 Å². The van der Waals surface area contributed by atoms with E-state index in [-0.39, 0.29) is 12.2 Å². The van der Waals surface area contributed by atoms with Gasteiger partial charge in [0.15, 0.2) is 18.1 Å². The van der Waals surface area contributed by atoms with Crippen LogP contribution in [-0.2, 0) is 9.59 Å². The zero-order valence-electron chi connectivity index (χ0n) is 18.2. The number of para-hydroxylation sites is 2. The van der Waals surface area contributed by atoms with E-state index >= 15 is 0 Å². The van der Waals surface area contributed by atoms with Gasteiger partial charge in [-0.15, -0.1) is 24.9 Å². The molecule has 1 aromatic carbocycles. The SMILES string of the molecule is C=CC.C=CCC/C=C(C)/C(C(N)=O)=C(/NC(=O)COc1ccccc1OC)SC. The Morgan fingerprint density at radius 3 is 2.30 bits per heavy atom. The molecule has 0 radical (unpaired) electrons. The minimum atomic E-state index is -0.599. The standard InChI is InChI=1S/C20H26N2O4S.C3H6/c1-5-6-7-10-14(2)18(19(21)24)20(27-4)22-17(23)13-26-16-12-9-8-11-15(16)25-3;1-3-2/h5,8-12H,1,6-7,13H2,2-4H3,(H2,21,24)(H,22,23);3H,1H2,2H3/b14-10+,20-18+;. The van der Waals surface area contributed by atoms with E-state index in [1.54, 1.807) is 49.6 Å². The zero-order valence-corrected chi connectivity index (χ0v) is 19.0. The van der Waals surface area contributed by atoms with Crippen molar-refractivity contribution in [2.24, 2.45) is 5.73 Å². The van der Waals surface area contributed by atoms with Crippen molar-refractivity contribution in [3.05, 3.63) is 71.8 Å². The molecule has 0 aliphatic carbocycles. The number of carbonyl (C=O) groups excluding carboxylic acids is 2. The number of primary amides is 1. The van der Waals surface area contributed by atoms with Crippen molar-refractivity contribution in [2.45, 2.75) is 26.7 Å². The van der Waals surface area contributed by atoms with Gasteiger partial charge in [0.25, 0.3) is 11.8 Å². The summed E-state index contributed by atoms with van der Waals surface area (Å²) in [7, 11) is 1.53. The molecule has 0 heterocycles. The molecule has 0 aliphatic rings. The molecule has 0 aromatic heterocycles. The first kappa shape index (κ1) is 27.1. The topological polar surface area (TPSA) is 90.7 Å². The molecule has 0 aliphatic heterocycles. The molecule has 0 atom stereocenters. The third kappa shape index (κ3) is 10.0. The van der Waals surface area contributed by atoms with Gasteiger partial charge in [0.2, 0.25) is 0 Å². The van der Waals surface area contributed by atoms with E-state index in [1.807, 2.05) is 13.0 Å². The predicted molar refractivity (Wildman–Crippen MR) is 125 cm³/mol. The third-order valence-corrected chi connectivity index (χ3v) is 4.29. The van der Waals surface area contributed by atoms with Crippen LogP contribution in [0.3, 0.4) is 0 Å². The van der Waals surface area contributed by atoms with E-state index in [4.69, 9.17) is 15.2 Å². The summed E-state index contributed by atoms with van der Waals surface area (Å²) in [5, 5.41) is 3.10. The van der Waals surface area contributed by atoms with Gasteiger partial charge in [-0.2, -0.15) is 0 Å². The third-order valence-electron chi connectivity index (χ3n) is 3.57. The minimum Gasteiger partial charge on any atom is -0.493 e. The Morgan fingerprint density at radius 1 is 1.20 bits per heavy atom. The van der Waals surface area contributed by atoms with Crippen LogP contribution in [0.25, 0.3) is 0 Å². The molecule has 0 unspecified atom stereocenters. The summed E-state index contributed by atoms with van der Waals surface area (Å²) >= 11 is 1.24. The molecule has 3 N–H and O–H groups in total. The number of thioether (sulfide) groups is 1. The molecule has 30 heavy (non-hydrogen) atoms. The number of ether oxygens (including phenoxy) is 2. The Balaban J connectivity index is 0.00000263. The Labute approximate surface area is 183 Å². The second-order valence-electron chi connectivity index (χ2n) is 5.92. The fourth-order valence-electron chi connectivity index (χ4n) is 2.26. The number of carbonyl (C=O) groups is 2. The highest BCUT2D eigenvalue weighted by atomic mass is 32.2. The lowest BCUT2D eigenvalue weighted by molar-refractivity contribution is -0.122. The van der Waals surface area contributed by atoms with Gasteiger partial charge in [-0.1, -0.05) is 30.4 Å². The molecule has 0 fully saturated rings. The normalized spacial score (nSPS) is 11.3. The number of amides is 2. The van der Waals surface area contributed by atoms with E-state index in [0.29, 0.717) is 22.1 Å². The largest absolute Gasteiger partial charge is 0.493 e. The van der Waals surface area contributed by atoms with Gasteiger partial charge >= 0.3 is 0 Å². The second kappa shape index (κ2) is 15.9. The maximum absolute atomic E-state index is 12.3. The highest BCUT2D eigenvalue weighted by molar-refractivity contribution is 8.02. The second-order valence-corrected chi connectivity index (χ2v) is 6.74. The van der Waals surface area contributed by atoms with Gasteiger partial charge in [-0.05, 0) is 50.7 Å². The first-order valence-corrected chi connectivity index (χ1v) is 10.6. The average molecular weight is 433 g/mol. The highest BCUT2D eigenvalue weighted by Crippen LogP contribution is 2.26. The monoisotopic (exact) mass is 432 g/mol. The smallest absolute Gasteiger partial charge is 0.262 e. The van der Waals surface area contributed by atoms with Crippen LogP contribution in [0, 0.1) is 0 Å². The number of unbranched alkanes of at least 4 members (excludes halogenated alkanes) is 1. The number of allylic oxidation sites excluding steroid dienone is 3. The Bertz CT molecular complexity index is 785. The number of hydrogen-bond donors (Lipinski definition) is 2. The summed E-state index contributed by atoms with van der Waals surface area (Å²) in [6.45, 7) is 10.5. The molecular weight excluding hydrogens is 400 g/mol. The van der Waals surface area contributed by atoms with Crippen molar-refractivity contribution in [3.63, 3.8) is 0 Å². The van der Waals surface area contributed by atoms with Gasteiger partial charge < -0.3 is 20.5 Å². The molecule has 0 bridgehead atoms. The first-order chi connectivity index (χ1) is 14.4. The summed E-state index contributed by atoms with van der Waals surface area (Å²) in [6, 6.07) is 7.04. The predicted octanol–water partition coefficient (Wildman–Crippen LogP) is 4.35. The van der Waals surface area contributed by atoms with Crippen LogP contribution in [0.2, 0.25) is 0 Å². The molecule has 6 nitrogen and oxygen atoms in total. The molecule has 7 heteroatoms. The lowest BCUT2D eigenvalue weighted by Gasteiger charge is -2.14. The van der Waals surface area contributed by atoms with Crippen LogP contribution in [0.4, 0.5) is 0 Å². The maximum Gasteiger partial charge on any atom is 0.262 e. The summed E-state index contributed by atoms with van der Waals surface area (Å²) in [5.41, 5.74) is 6.52. The van der Waals surface area contributed by atoms with Gasteiger partial charge in [-0.3, -0.25) is 9.59 Å². The van der Waals surface area contributed by atoms with E-state index in [0.717, 1.165) is 12.8 Å². The van der Waals surface area contributed by atoms with Crippen molar-refractivity contribution in [2.75, 3.05) is 20.0 Å². The molecule has 0 saturated heterocycles. The number of rotatable bonds is 11. The maximum atomic E-state index is 12.3. The zero-order chi connectivity index (χ0) is 22.9. The number of methoxy groups -OCH3 is 1. The Kier molecular flexibility index (Phi) is 14.4.